The van der Waals surface area contributed by atoms with Gasteiger partial charge in [0.1, 0.15) is 11.5 Å². The maximum absolute atomic E-state index is 13.8. The maximum Gasteiger partial charge on any atom is 0.354 e. The first-order valence-electron chi connectivity index (χ1n) is 12.0. The third kappa shape index (κ3) is 4.70. The second kappa shape index (κ2) is 10.1. The van der Waals surface area contributed by atoms with Crippen LogP contribution in [0.5, 0.6) is 0 Å². The van der Waals surface area contributed by atoms with Crippen LogP contribution >= 0.6 is 0 Å². The van der Waals surface area contributed by atoms with E-state index in [1.54, 1.807) is 49.4 Å². The standard InChI is InChI=1S/C29H31FN2O4/c1-17-25(18(2)31(4)26(17)29(35)36-5)27(33)19(3)32(16-20-11-13-22(30)14-12-20)28(34)24-15-23(24)21-9-7-6-8-10-21/h6-14,19,23-24H,15-16H2,1-5H3/t19?,23-,24?/m0/s1. The van der Waals surface area contributed by atoms with E-state index in [0.717, 1.165) is 17.5 Å². The van der Waals surface area contributed by atoms with E-state index >= 15 is 0 Å². The fourth-order valence-electron chi connectivity index (χ4n) is 5.02. The molecule has 6 nitrogen and oxygen atoms in total. The lowest BCUT2D eigenvalue weighted by atomic mass is 9.98. The molecule has 2 unspecified atom stereocenters. The minimum Gasteiger partial charge on any atom is -0.464 e. The van der Waals surface area contributed by atoms with Crippen LogP contribution in [-0.2, 0) is 23.1 Å². The lowest BCUT2D eigenvalue weighted by molar-refractivity contribution is -0.134. The van der Waals surface area contributed by atoms with Gasteiger partial charge in [-0.15, -0.1) is 0 Å². The number of Topliss-reactive ketones (excluding diaryl/α,β-unsaturated/α-hetero) is 1. The largest absolute Gasteiger partial charge is 0.464 e. The zero-order chi connectivity index (χ0) is 26.1. The minimum atomic E-state index is -0.787. The molecule has 3 atom stereocenters. The fraction of sp³-hybridized carbons (Fsp3) is 0.345. The number of halogens is 1. The van der Waals surface area contributed by atoms with Crippen molar-refractivity contribution in [3.05, 3.63) is 94.1 Å². The van der Waals surface area contributed by atoms with Gasteiger partial charge < -0.3 is 14.2 Å². The molecule has 1 saturated carbocycles. The zero-order valence-electron chi connectivity index (χ0n) is 21.2. The Kier molecular flexibility index (Phi) is 7.11. The van der Waals surface area contributed by atoms with Gasteiger partial charge in [0.25, 0.3) is 0 Å². The number of carbonyl (C=O) groups excluding carboxylic acids is 3. The molecule has 1 heterocycles. The van der Waals surface area contributed by atoms with E-state index in [-0.39, 0.29) is 35.9 Å². The van der Waals surface area contributed by atoms with E-state index in [1.165, 1.54) is 19.2 Å². The number of carbonyl (C=O) groups is 3. The lowest BCUT2D eigenvalue weighted by Gasteiger charge is -2.29. The maximum atomic E-state index is 13.8. The number of ether oxygens (including phenoxy) is 1. The molecule has 0 aliphatic heterocycles. The van der Waals surface area contributed by atoms with Crippen LogP contribution in [0.4, 0.5) is 4.39 Å². The van der Waals surface area contributed by atoms with Crippen molar-refractivity contribution in [2.24, 2.45) is 13.0 Å². The summed E-state index contributed by atoms with van der Waals surface area (Å²) in [6.45, 7) is 5.39. The molecule has 3 aromatic rings. The molecule has 1 amide bonds. The van der Waals surface area contributed by atoms with Crippen LogP contribution in [0.25, 0.3) is 0 Å². The molecule has 0 bridgehead atoms. The summed E-state index contributed by atoms with van der Waals surface area (Å²) < 4.78 is 20.1. The molecule has 4 rings (SSSR count). The number of amides is 1. The first kappa shape index (κ1) is 25.4. The Morgan fingerprint density at radius 2 is 1.72 bits per heavy atom. The molecule has 0 saturated heterocycles. The summed E-state index contributed by atoms with van der Waals surface area (Å²) in [5.41, 5.74) is 3.73. The van der Waals surface area contributed by atoms with Crippen LogP contribution in [0.3, 0.4) is 0 Å². The third-order valence-electron chi connectivity index (χ3n) is 7.29. The number of benzene rings is 2. The highest BCUT2D eigenvalue weighted by atomic mass is 19.1. The van der Waals surface area contributed by atoms with Crippen LogP contribution in [0.2, 0.25) is 0 Å². The summed E-state index contributed by atoms with van der Waals surface area (Å²) in [5, 5.41) is 0. The van der Waals surface area contributed by atoms with Gasteiger partial charge >= 0.3 is 5.97 Å². The lowest BCUT2D eigenvalue weighted by Crippen LogP contribution is -2.44. The van der Waals surface area contributed by atoms with Crippen LogP contribution in [-0.4, -0.2) is 40.3 Å². The summed E-state index contributed by atoms with van der Waals surface area (Å²) in [5.74, 6) is -1.34. The van der Waals surface area contributed by atoms with Crippen molar-refractivity contribution in [2.45, 2.75) is 45.7 Å². The quantitative estimate of drug-likeness (QED) is 0.330. The summed E-state index contributed by atoms with van der Waals surface area (Å²) in [4.78, 5) is 41.5. The number of methoxy groups -OCH3 is 1. The molecular formula is C29H31FN2O4. The average molecular weight is 491 g/mol. The highest BCUT2D eigenvalue weighted by Crippen LogP contribution is 2.48. The molecular weight excluding hydrogens is 459 g/mol. The minimum absolute atomic E-state index is 0.103. The van der Waals surface area contributed by atoms with Gasteiger partial charge in [0, 0.05) is 30.8 Å². The van der Waals surface area contributed by atoms with Crippen molar-refractivity contribution in [3.63, 3.8) is 0 Å². The van der Waals surface area contributed by atoms with Crippen molar-refractivity contribution in [1.82, 2.24) is 9.47 Å². The van der Waals surface area contributed by atoms with Gasteiger partial charge in [-0.25, -0.2) is 9.18 Å². The van der Waals surface area contributed by atoms with Crippen molar-refractivity contribution < 1.29 is 23.5 Å². The Labute approximate surface area is 210 Å². The molecule has 1 aromatic heterocycles. The Bertz CT molecular complexity index is 1300. The molecule has 0 radical (unpaired) electrons. The first-order chi connectivity index (χ1) is 17.1. The van der Waals surface area contributed by atoms with Gasteiger partial charge in [0.2, 0.25) is 5.91 Å². The summed E-state index contributed by atoms with van der Waals surface area (Å²) in [7, 11) is 3.02. The Hall–Kier alpha value is -3.74. The van der Waals surface area contributed by atoms with Crippen molar-refractivity contribution >= 4 is 17.7 Å². The van der Waals surface area contributed by atoms with Crippen LogP contribution in [0, 0.1) is 25.6 Å². The highest BCUT2D eigenvalue weighted by molar-refractivity contribution is 6.06. The van der Waals surface area contributed by atoms with Crippen LogP contribution in [0.15, 0.2) is 54.6 Å². The number of esters is 1. The highest BCUT2D eigenvalue weighted by Gasteiger charge is 2.47. The van der Waals surface area contributed by atoms with E-state index in [2.05, 4.69) is 0 Å². The molecule has 2 aromatic carbocycles. The second-order valence-electron chi connectivity index (χ2n) is 9.48. The Balaban J connectivity index is 1.66. The Morgan fingerprint density at radius 1 is 1.08 bits per heavy atom. The Morgan fingerprint density at radius 3 is 2.33 bits per heavy atom. The molecule has 1 aliphatic carbocycles. The average Bonchev–Trinajstić information content (AvgIpc) is 3.65. The predicted molar refractivity (Wildman–Crippen MR) is 134 cm³/mol. The van der Waals surface area contributed by atoms with Gasteiger partial charge in [-0.1, -0.05) is 42.5 Å². The SMILES string of the molecule is COC(=O)c1c(C)c(C(=O)C(C)N(Cc2ccc(F)cc2)C(=O)C2C[C@H]2c2ccccc2)c(C)n1C. The van der Waals surface area contributed by atoms with Gasteiger partial charge in [-0.05, 0) is 61.9 Å². The second-order valence-corrected chi connectivity index (χ2v) is 9.48. The van der Waals surface area contributed by atoms with E-state index in [4.69, 9.17) is 4.74 Å². The molecule has 7 heteroatoms. The smallest absolute Gasteiger partial charge is 0.354 e. The van der Waals surface area contributed by atoms with Crippen molar-refractivity contribution in [1.29, 1.82) is 0 Å². The number of hydrogen-bond donors (Lipinski definition) is 0. The van der Waals surface area contributed by atoms with Crippen molar-refractivity contribution in [2.75, 3.05) is 7.11 Å². The monoisotopic (exact) mass is 490 g/mol. The van der Waals surface area contributed by atoms with Gasteiger partial charge in [0.05, 0.1) is 13.2 Å². The van der Waals surface area contributed by atoms with Crippen molar-refractivity contribution in [3.8, 4) is 0 Å². The number of nitrogens with zero attached hydrogens (tertiary/aromatic N) is 2. The molecule has 36 heavy (non-hydrogen) atoms. The van der Waals surface area contributed by atoms with Gasteiger partial charge in [-0.2, -0.15) is 0 Å². The topological polar surface area (TPSA) is 68.6 Å². The predicted octanol–water partition coefficient (Wildman–Crippen LogP) is 4.97. The van der Waals surface area contributed by atoms with E-state index in [1.807, 2.05) is 30.3 Å². The zero-order valence-corrected chi connectivity index (χ0v) is 21.2. The fourth-order valence-corrected chi connectivity index (χ4v) is 5.02. The number of aromatic nitrogens is 1. The van der Waals surface area contributed by atoms with Crippen LogP contribution in [0.1, 0.15) is 62.5 Å². The molecule has 1 aliphatic rings. The summed E-state index contributed by atoms with van der Waals surface area (Å²) >= 11 is 0. The molecule has 0 N–H and O–H groups in total. The summed E-state index contributed by atoms with van der Waals surface area (Å²) in [6.07, 6.45) is 0.722. The molecule has 188 valence electrons. The van der Waals surface area contributed by atoms with E-state index < -0.39 is 12.0 Å². The third-order valence-corrected chi connectivity index (χ3v) is 7.29. The van der Waals surface area contributed by atoms with Gasteiger partial charge in [-0.3, -0.25) is 9.59 Å². The first-order valence-corrected chi connectivity index (χ1v) is 12.0. The molecule has 1 fully saturated rings. The normalized spacial score (nSPS) is 17.4. The van der Waals surface area contributed by atoms with Crippen LogP contribution < -0.4 is 0 Å². The summed E-state index contributed by atoms with van der Waals surface area (Å²) in [6, 6.07) is 15.1. The number of rotatable bonds is 8. The van der Waals surface area contributed by atoms with E-state index in [0.29, 0.717) is 22.5 Å². The van der Waals surface area contributed by atoms with E-state index in [9.17, 15) is 18.8 Å². The number of hydrogen-bond acceptors (Lipinski definition) is 4. The van der Waals surface area contributed by atoms with Gasteiger partial charge in [0.15, 0.2) is 5.78 Å². The molecule has 0 spiro atoms. The number of ketones is 1.